The van der Waals surface area contributed by atoms with E-state index in [4.69, 9.17) is 0 Å². The highest BCUT2D eigenvalue weighted by Crippen LogP contribution is 2.29. The standard InChI is InChI=1S/C27H32FN5O5/c1-15(2)23(24(35)22-16(3)26(37)33(27(22)38)32(4)5)31-21(34)14-19(17-10-7-6-8-11-17)30-25(36)18-12-9-13-20(28)29-18/h6-13,15-16,19,22-23H,14H2,1-5H3,(H,30,36)(H,31,34)/t16-,19-,22+,23-/m0/s1. The summed E-state index contributed by atoms with van der Waals surface area (Å²) in [5.74, 6) is -6.16. The number of nitrogens with zero attached hydrogens (tertiary/aromatic N) is 3. The van der Waals surface area contributed by atoms with E-state index in [-0.39, 0.29) is 18.0 Å². The molecule has 1 aromatic carbocycles. The molecule has 202 valence electrons. The first-order chi connectivity index (χ1) is 17.9. The zero-order valence-corrected chi connectivity index (χ0v) is 22.0. The van der Waals surface area contributed by atoms with Crippen LogP contribution in [0.2, 0.25) is 0 Å². The van der Waals surface area contributed by atoms with Gasteiger partial charge in [0.2, 0.25) is 17.8 Å². The van der Waals surface area contributed by atoms with E-state index in [2.05, 4.69) is 15.6 Å². The molecule has 11 heteroatoms. The number of imide groups is 1. The minimum absolute atomic E-state index is 0.148. The van der Waals surface area contributed by atoms with E-state index >= 15 is 0 Å². The van der Waals surface area contributed by atoms with E-state index in [1.807, 2.05) is 0 Å². The number of ketones is 1. The molecule has 2 N–H and O–H groups in total. The molecule has 0 radical (unpaired) electrons. The Labute approximate surface area is 220 Å². The third kappa shape index (κ3) is 6.28. The van der Waals surface area contributed by atoms with Crippen LogP contribution >= 0.6 is 0 Å². The molecule has 0 bridgehead atoms. The van der Waals surface area contributed by atoms with Crippen molar-refractivity contribution in [2.45, 2.75) is 39.3 Å². The minimum Gasteiger partial charge on any atom is -0.346 e. The van der Waals surface area contributed by atoms with E-state index in [1.165, 1.54) is 38.2 Å². The van der Waals surface area contributed by atoms with E-state index in [0.29, 0.717) is 5.56 Å². The number of hydrogen-bond acceptors (Lipinski definition) is 7. The molecule has 4 atom stereocenters. The number of rotatable bonds is 10. The molecule has 3 rings (SSSR count). The normalized spacial score (nSPS) is 19.0. The van der Waals surface area contributed by atoms with Gasteiger partial charge in [-0.25, -0.2) is 15.0 Å². The Kier molecular flexibility index (Phi) is 9.05. The van der Waals surface area contributed by atoms with Gasteiger partial charge in [0.25, 0.3) is 11.8 Å². The molecule has 0 saturated carbocycles. The van der Waals surface area contributed by atoms with E-state index in [0.717, 1.165) is 11.1 Å². The van der Waals surface area contributed by atoms with Crippen molar-refractivity contribution in [3.05, 3.63) is 65.7 Å². The molecule has 0 spiro atoms. The third-order valence-corrected chi connectivity index (χ3v) is 6.41. The summed E-state index contributed by atoms with van der Waals surface area (Å²) in [7, 11) is 3.07. The van der Waals surface area contributed by atoms with Crippen LogP contribution in [-0.2, 0) is 19.2 Å². The molecule has 2 aromatic rings. The number of aromatic nitrogens is 1. The quantitative estimate of drug-likeness (QED) is 0.275. The highest BCUT2D eigenvalue weighted by molar-refractivity contribution is 6.16. The Balaban J connectivity index is 1.79. The lowest BCUT2D eigenvalue weighted by Gasteiger charge is -2.26. The van der Waals surface area contributed by atoms with Crippen molar-refractivity contribution in [1.82, 2.24) is 25.6 Å². The summed E-state index contributed by atoms with van der Waals surface area (Å²) in [6.07, 6.45) is -0.238. The summed E-state index contributed by atoms with van der Waals surface area (Å²) in [5.41, 5.74) is 0.470. The van der Waals surface area contributed by atoms with Crippen LogP contribution in [0, 0.1) is 23.7 Å². The monoisotopic (exact) mass is 525 g/mol. The lowest BCUT2D eigenvalue weighted by Crippen LogP contribution is -2.50. The molecular weight excluding hydrogens is 493 g/mol. The van der Waals surface area contributed by atoms with Crippen LogP contribution in [0.25, 0.3) is 0 Å². The molecule has 0 aliphatic carbocycles. The van der Waals surface area contributed by atoms with Crippen molar-refractivity contribution in [1.29, 1.82) is 0 Å². The maximum atomic E-state index is 13.5. The summed E-state index contributed by atoms with van der Waals surface area (Å²) in [5, 5.41) is 7.68. The minimum atomic E-state index is -1.22. The zero-order valence-electron chi connectivity index (χ0n) is 22.0. The molecule has 1 aromatic heterocycles. The Morgan fingerprint density at radius 3 is 2.21 bits per heavy atom. The number of nitrogens with one attached hydrogen (secondary N) is 2. The summed E-state index contributed by atoms with van der Waals surface area (Å²) in [6, 6.07) is 10.7. The van der Waals surface area contributed by atoms with Crippen LogP contribution < -0.4 is 10.6 Å². The number of Topliss-reactive ketones (excluding diaryl/α,β-unsaturated/α-hetero) is 1. The first-order valence-corrected chi connectivity index (χ1v) is 12.3. The first-order valence-electron chi connectivity index (χ1n) is 12.3. The molecule has 1 aliphatic rings. The van der Waals surface area contributed by atoms with Gasteiger partial charge in [0.15, 0.2) is 5.78 Å². The largest absolute Gasteiger partial charge is 0.346 e. The predicted octanol–water partition coefficient (Wildman–Crippen LogP) is 1.89. The number of halogens is 1. The maximum Gasteiger partial charge on any atom is 0.270 e. The van der Waals surface area contributed by atoms with Crippen molar-refractivity contribution >= 4 is 29.4 Å². The molecule has 10 nitrogen and oxygen atoms in total. The smallest absolute Gasteiger partial charge is 0.270 e. The van der Waals surface area contributed by atoms with E-state index in [1.54, 1.807) is 44.2 Å². The Morgan fingerprint density at radius 1 is 1.00 bits per heavy atom. The van der Waals surface area contributed by atoms with Gasteiger partial charge in [-0.2, -0.15) is 4.39 Å². The van der Waals surface area contributed by atoms with E-state index in [9.17, 15) is 28.4 Å². The van der Waals surface area contributed by atoms with Gasteiger partial charge in [0.1, 0.15) is 11.6 Å². The highest BCUT2D eigenvalue weighted by atomic mass is 19.1. The second-order valence-electron chi connectivity index (χ2n) is 9.78. The molecule has 1 aliphatic heterocycles. The van der Waals surface area contributed by atoms with Crippen molar-refractivity contribution in [3.63, 3.8) is 0 Å². The number of amides is 4. The summed E-state index contributed by atoms with van der Waals surface area (Å²) in [6.45, 7) is 4.97. The van der Waals surface area contributed by atoms with Gasteiger partial charge in [-0.1, -0.05) is 57.2 Å². The SMILES string of the molecule is CC(C)[C@H](NC(=O)C[C@H](NC(=O)c1cccc(F)n1)c1ccccc1)C(=O)[C@@H]1C(=O)N(N(C)C)C(=O)[C@H]1C. The first kappa shape index (κ1) is 28.6. The van der Waals surface area contributed by atoms with Gasteiger partial charge < -0.3 is 10.6 Å². The molecule has 0 unspecified atom stereocenters. The van der Waals surface area contributed by atoms with Gasteiger partial charge >= 0.3 is 0 Å². The van der Waals surface area contributed by atoms with Crippen LogP contribution in [-0.4, -0.2) is 64.6 Å². The summed E-state index contributed by atoms with van der Waals surface area (Å²) < 4.78 is 13.5. The number of hydrogen-bond donors (Lipinski definition) is 2. The molecule has 4 amide bonds. The topological polar surface area (TPSA) is 129 Å². The fourth-order valence-corrected chi connectivity index (χ4v) is 4.43. The van der Waals surface area contributed by atoms with Gasteiger partial charge in [-0.3, -0.25) is 24.0 Å². The molecule has 1 saturated heterocycles. The van der Waals surface area contributed by atoms with E-state index < -0.39 is 59.3 Å². The number of carbonyl (C=O) groups excluding carboxylic acids is 5. The average Bonchev–Trinajstić information content (AvgIpc) is 3.09. The lowest BCUT2D eigenvalue weighted by atomic mass is 9.85. The van der Waals surface area contributed by atoms with Crippen molar-refractivity contribution in [2.75, 3.05) is 14.1 Å². The van der Waals surface area contributed by atoms with Crippen LogP contribution in [0.1, 0.15) is 49.3 Å². The number of pyridine rings is 1. The van der Waals surface area contributed by atoms with Crippen molar-refractivity contribution in [3.8, 4) is 0 Å². The van der Waals surface area contributed by atoms with Crippen molar-refractivity contribution < 1.29 is 28.4 Å². The second kappa shape index (κ2) is 12.0. The Morgan fingerprint density at radius 2 is 1.66 bits per heavy atom. The van der Waals surface area contributed by atoms with Gasteiger partial charge in [-0.05, 0) is 23.6 Å². The summed E-state index contributed by atoms with van der Waals surface area (Å²) >= 11 is 0. The Bertz CT molecular complexity index is 1220. The van der Waals surface area contributed by atoms with Gasteiger partial charge in [0.05, 0.1) is 24.4 Å². The van der Waals surface area contributed by atoms with Gasteiger partial charge in [-0.15, -0.1) is 0 Å². The average molecular weight is 526 g/mol. The van der Waals surface area contributed by atoms with Crippen LogP contribution in [0.3, 0.4) is 0 Å². The third-order valence-electron chi connectivity index (χ3n) is 6.41. The van der Waals surface area contributed by atoms with Gasteiger partial charge in [0, 0.05) is 14.1 Å². The molecular formula is C27H32FN5O5. The summed E-state index contributed by atoms with van der Waals surface area (Å²) in [4.78, 5) is 68.5. The molecule has 1 fully saturated rings. The van der Waals surface area contributed by atoms with Crippen LogP contribution in [0.4, 0.5) is 4.39 Å². The zero-order chi connectivity index (χ0) is 28.1. The fraction of sp³-hybridized carbons (Fsp3) is 0.407. The van der Waals surface area contributed by atoms with Crippen LogP contribution in [0.15, 0.2) is 48.5 Å². The van der Waals surface area contributed by atoms with Crippen molar-refractivity contribution in [2.24, 2.45) is 17.8 Å². The van der Waals surface area contributed by atoms with Crippen LogP contribution in [0.5, 0.6) is 0 Å². The number of carbonyl (C=O) groups is 5. The maximum absolute atomic E-state index is 13.5. The second-order valence-corrected chi connectivity index (χ2v) is 9.78. The lowest BCUT2D eigenvalue weighted by molar-refractivity contribution is -0.155. The molecule has 2 heterocycles. The number of hydrazine groups is 1. The Hall–Kier alpha value is -3.99. The fourth-order valence-electron chi connectivity index (χ4n) is 4.43. The molecule has 38 heavy (non-hydrogen) atoms. The highest BCUT2D eigenvalue weighted by Gasteiger charge is 2.51. The number of benzene rings is 1. The predicted molar refractivity (Wildman–Crippen MR) is 135 cm³/mol.